The van der Waals surface area contributed by atoms with Gasteiger partial charge < -0.3 is 20.7 Å². The summed E-state index contributed by atoms with van der Waals surface area (Å²) in [5.74, 6) is -14.3. The van der Waals surface area contributed by atoms with Crippen molar-refractivity contribution in [3.8, 4) is 5.75 Å². The average Bonchev–Trinajstić information content (AvgIpc) is 3.07. The van der Waals surface area contributed by atoms with E-state index in [2.05, 4.69) is 10.6 Å². The molecule has 0 heterocycles. The third-order valence-electron chi connectivity index (χ3n) is 7.65. The fraction of sp³-hybridized carbons (Fsp3) is 0.343. The monoisotopic (exact) mass is 723 g/mol. The number of alkyl halides is 5. The lowest BCUT2D eigenvalue weighted by atomic mass is 9.82. The summed E-state index contributed by atoms with van der Waals surface area (Å²) in [6.45, 7) is 0.546. The largest absolute Gasteiger partial charge is 0.497 e. The molecular weight excluding hydrogens is 689 g/mol. The topological polar surface area (TPSA) is 131 Å². The Kier molecular flexibility index (Phi) is 13.6. The molecule has 3 aromatic rings. The standard InChI is InChI=1S/C35H35ClF5N3O6/c1-20(2)26(30(46)35(40,41)33(49)42-19-34(37,38)39)18-28(45)29(22-12-14-25(50-3)15-13-22)44-32(48)27(17-21-8-7-11-24(36)16-21)43-31(47)23-9-5-4-6-10-23/h4-16,20,26-27,29H,17-19H2,1-3H3,(H,42,49)(H,43,47)(H,44,48)/t26-,27?,29-/m0/s1. The van der Waals surface area contributed by atoms with Crippen molar-refractivity contribution < 1.29 is 50.7 Å². The molecule has 9 nitrogen and oxygen atoms in total. The van der Waals surface area contributed by atoms with Crippen LogP contribution in [-0.2, 0) is 25.6 Å². The van der Waals surface area contributed by atoms with E-state index < -0.39 is 78.3 Å². The number of ether oxygens (including phenoxy) is 1. The molecule has 0 saturated heterocycles. The first-order chi connectivity index (χ1) is 23.4. The van der Waals surface area contributed by atoms with Crippen LogP contribution in [0.2, 0.25) is 5.02 Å². The normalized spacial score (nSPS) is 13.5. The quantitative estimate of drug-likeness (QED) is 0.129. The first kappa shape index (κ1) is 39.6. The summed E-state index contributed by atoms with van der Waals surface area (Å²) in [5, 5.41) is 6.57. The molecule has 268 valence electrons. The Bertz CT molecular complexity index is 1670. The lowest BCUT2D eigenvalue weighted by molar-refractivity contribution is -0.167. The van der Waals surface area contributed by atoms with Gasteiger partial charge in [0, 0.05) is 29.3 Å². The van der Waals surface area contributed by atoms with Crippen LogP contribution in [0.15, 0.2) is 78.9 Å². The molecule has 1 unspecified atom stereocenters. The number of benzene rings is 3. The number of hydrogen-bond donors (Lipinski definition) is 3. The molecule has 0 aliphatic carbocycles. The minimum Gasteiger partial charge on any atom is -0.497 e. The summed E-state index contributed by atoms with van der Waals surface area (Å²) in [5.41, 5.74) is 0.942. The first-order valence-corrected chi connectivity index (χ1v) is 15.6. The number of Topliss-reactive ketones (excluding diaryl/α,β-unsaturated/α-hetero) is 2. The second-order valence-electron chi connectivity index (χ2n) is 11.7. The van der Waals surface area contributed by atoms with Gasteiger partial charge in [0.1, 0.15) is 24.4 Å². The zero-order chi connectivity index (χ0) is 37.2. The van der Waals surface area contributed by atoms with Crippen molar-refractivity contribution in [3.63, 3.8) is 0 Å². The van der Waals surface area contributed by atoms with Crippen LogP contribution >= 0.6 is 11.6 Å². The van der Waals surface area contributed by atoms with Crippen molar-refractivity contribution >= 4 is 40.9 Å². The van der Waals surface area contributed by atoms with E-state index in [0.717, 1.165) is 5.32 Å². The maximum Gasteiger partial charge on any atom is 0.405 e. The van der Waals surface area contributed by atoms with Gasteiger partial charge in [0.05, 0.1) is 7.11 Å². The molecule has 0 saturated carbocycles. The summed E-state index contributed by atoms with van der Waals surface area (Å²) in [6, 6.07) is 17.4. The van der Waals surface area contributed by atoms with E-state index in [-0.39, 0.29) is 17.5 Å². The summed E-state index contributed by atoms with van der Waals surface area (Å²) >= 11 is 6.13. The number of carbonyl (C=O) groups is 5. The van der Waals surface area contributed by atoms with E-state index in [0.29, 0.717) is 16.3 Å². The highest BCUT2D eigenvalue weighted by molar-refractivity contribution is 6.30. The molecule has 0 spiro atoms. The highest BCUT2D eigenvalue weighted by atomic mass is 35.5. The number of carbonyl (C=O) groups excluding carboxylic acids is 5. The SMILES string of the molecule is COc1ccc([C@H](NC(=O)C(Cc2cccc(Cl)c2)NC(=O)c2ccccc2)C(=O)C[C@H](C(=O)C(F)(F)C(=O)NCC(F)(F)F)C(C)C)cc1. The molecule has 0 aliphatic heterocycles. The van der Waals surface area contributed by atoms with E-state index in [4.69, 9.17) is 16.3 Å². The van der Waals surface area contributed by atoms with Crippen molar-refractivity contribution in [1.82, 2.24) is 16.0 Å². The van der Waals surface area contributed by atoms with Crippen LogP contribution in [0.25, 0.3) is 0 Å². The molecule has 3 aromatic carbocycles. The molecule has 3 rings (SSSR count). The fourth-order valence-corrected chi connectivity index (χ4v) is 5.14. The van der Waals surface area contributed by atoms with Crippen molar-refractivity contribution in [1.29, 1.82) is 0 Å². The minimum absolute atomic E-state index is 0.0825. The molecule has 3 atom stereocenters. The van der Waals surface area contributed by atoms with E-state index in [1.807, 2.05) is 0 Å². The predicted molar refractivity (Wildman–Crippen MR) is 174 cm³/mol. The Morgan fingerprint density at radius 3 is 2.04 bits per heavy atom. The van der Waals surface area contributed by atoms with E-state index in [9.17, 15) is 45.9 Å². The maximum absolute atomic E-state index is 14.9. The van der Waals surface area contributed by atoms with Crippen LogP contribution in [0, 0.1) is 11.8 Å². The van der Waals surface area contributed by atoms with Gasteiger partial charge >= 0.3 is 12.1 Å². The number of ketones is 2. The van der Waals surface area contributed by atoms with Gasteiger partial charge in [-0.3, -0.25) is 24.0 Å². The Labute approximate surface area is 289 Å². The van der Waals surface area contributed by atoms with Gasteiger partial charge in [-0.25, -0.2) is 0 Å². The van der Waals surface area contributed by atoms with Gasteiger partial charge in [-0.1, -0.05) is 67.9 Å². The van der Waals surface area contributed by atoms with Crippen LogP contribution in [0.3, 0.4) is 0 Å². The lowest BCUT2D eigenvalue weighted by Gasteiger charge is -2.27. The smallest absolute Gasteiger partial charge is 0.405 e. The first-order valence-electron chi connectivity index (χ1n) is 15.3. The van der Waals surface area contributed by atoms with Crippen LogP contribution in [0.5, 0.6) is 5.75 Å². The highest BCUT2D eigenvalue weighted by Gasteiger charge is 2.52. The van der Waals surface area contributed by atoms with E-state index >= 15 is 0 Å². The lowest BCUT2D eigenvalue weighted by Crippen LogP contribution is -2.52. The number of nitrogens with one attached hydrogen (secondary N) is 3. The molecule has 0 radical (unpaired) electrons. The summed E-state index contributed by atoms with van der Waals surface area (Å²) in [7, 11) is 1.39. The van der Waals surface area contributed by atoms with Gasteiger partial charge in [0.15, 0.2) is 5.78 Å². The Hall–Kier alpha value is -4.85. The van der Waals surface area contributed by atoms with Crippen LogP contribution in [0.4, 0.5) is 22.0 Å². The second-order valence-corrected chi connectivity index (χ2v) is 12.1. The zero-order valence-corrected chi connectivity index (χ0v) is 27.9. The van der Waals surface area contributed by atoms with E-state index in [1.165, 1.54) is 57.4 Å². The van der Waals surface area contributed by atoms with Crippen LogP contribution < -0.4 is 20.7 Å². The molecule has 0 bridgehead atoms. The average molecular weight is 724 g/mol. The van der Waals surface area contributed by atoms with Gasteiger partial charge in [-0.05, 0) is 53.4 Å². The second kappa shape index (κ2) is 17.2. The summed E-state index contributed by atoms with van der Waals surface area (Å²) in [4.78, 5) is 65.8. The molecular formula is C35H35ClF5N3O6. The van der Waals surface area contributed by atoms with Gasteiger partial charge in [0.2, 0.25) is 11.7 Å². The number of rotatable bonds is 16. The number of hydrogen-bond acceptors (Lipinski definition) is 6. The number of amides is 3. The number of methoxy groups -OCH3 is 1. The Morgan fingerprint density at radius 2 is 1.48 bits per heavy atom. The molecule has 3 amide bonds. The number of halogens is 6. The Balaban J connectivity index is 1.95. The third kappa shape index (κ3) is 11.1. The zero-order valence-electron chi connectivity index (χ0n) is 27.2. The minimum atomic E-state index is -5.02. The molecule has 0 aliphatic rings. The summed E-state index contributed by atoms with van der Waals surface area (Å²) < 4.78 is 72.6. The Morgan fingerprint density at radius 1 is 0.840 bits per heavy atom. The summed E-state index contributed by atoms with van der Waals surface area (Å²) in [6.07, 6.45) is -6.02. The molecule has 50 heavy (non-hydrogen) atoms. The van der Waals surface area contributed by atoms with Gasteiger partial charge in [0.25, 0.3) is 11.8 Å². The molecule has 15 heteroatoms. The van der Waals surface area contributed by atoms with E-state index in [1.54, 1.807) is 42.5 Å². The fourth-order valence-electron chi connectivity index (χ4n) is 4.93. The van der Waals surface area contributed by atoms with Gasteiger partial charge in [-0.2, -0.15) is 22.0 Å². The van der Waals surface area contributed by atoms with Crippen LogP contribution in [-0.4, -0.2) is 61.1 Å². The van der Waals surface area contributed by atoms with Crippen molar-refractivity contribution in [2.45, 2.75) is 50.9 Å². The maximum atomic E-state index is 14.9. The third-order valence-corrected chi connectivity index (χ3v) is 7.89. The molecule has 3 N–H and O–H groups in total. The molecule has 0 fully saturated rings. The predicted octanol–water partition coefficient (Wildman–Crippen LogP) is 5.66. The van der Waals surface area contributed by atoms with Crippen LogP contribution in [0.1, 0.15) is 47.8 Å². The van der Waals surface area contributed by atoms with Crippen molar-refractivity contribution in [2.24, 2.45) is 11.8 Å². The van der Waals surface area contributed by atoms with Crippen molar-refractivity contribution in [2.75, 3.05) is 13.7 Å². The molecule has 0 aromatic heterocycles. The highest BCUT2D eigenvalue weighted by Crippen LogP contribution is 2.30. The van der Waals surface area contributed by atoms with Gasteiger partial charge in [-0.15, -0.1) is 0 Å². The van der Waals surface area contributed by atoms with Crippen molar-refractivity contribution in [3.05, 3.63) is 101 Å².